The number of halogens is 6. The van der Waals surface area contributed by atoms with Crippen molar-refractivity contribution in [3.63, 3.8) is 0 Å². The van der Waals surface area contributed by atoms with Crippen LogP contribution in [0.1, 0.15) is 0 Å². The summed E-state index contributed by atoms with van der Waals surface area (Å²) in [6.07, 6.45) is 0. The average Bonchev–Trinajstić information content (AvgIpc) is 2.14. The number of carbonyl (C=O) groups excluding carboxylic acids is 2. The third-order valence-corrected chi connectivity index (χ3v) is 2.65. The zero-order chi connectivity index (χ0) is 17.2. The van der Waals surface area contributed by atoms with Gasteiger partial charge >= 0.3 is 48.0 Å². The molecule has 0 spiro atoms. The molecule has 0 aliphatic rings. The van der Waals surface area contributed by atoms with Crippen LogP contribution in [0.4, 0.5) is 25.3 Å². The second kappa shape index (κ2) is 8.54. The zero-order valence-corrected chi connectivity index (χ0v) is 12.2. The molecule has 0 amide bonds. The number of carbonyl (C=O) groups is 2. The first-order chi connectivity index (χ1) is 8.39. The fraction of sp³-hybridized carbons (Fsp3) is 0.400. The van der Waals surface area contributed by atoms with Crippen LogP contribution in [0.2, 0.25) is 0 Å². The van der Waals surface area contributed by atoms with Gasteiger partial charge in [0.1, 0.15) is 11.9 Å². The first-order valence-corrected chi connectivity index (χ1v) is 6.22. The maximum absolute atomic E-state index is 11.4. The molecule has 1 radical (unpaired) electrons. The third-order valence-electron chi connectivity index (χ3n) is 1.09. The maximum Gasteiger partial charge on any atom is 2.00 e. The fourth-order valence-corrected chi connectivity index (χ4v) is 0.597. The summed E-state index contributed by atoms with van der Waals surface area (Å²) in [7, 11) is -12.8. The molecule has 0 aliphatic heterocycles. The number of carboxylic acid groups (broad SMARTS) is 2. The maximum atomic E-state index is 11.4. The Bertz CT molecular complexity index is 545. The number of carboxylic acids is 2. The van der Waals surface area contributed by atoms with E-state index in [2.05, 4.69) is 0 Å². The molecule has 0 heterocycles. The number of hydrogen-bond donors (Lipinski definition) is 0. The van der Waals surface area contributed by atoms with Gasteiger partial charge in [0.15, 0.2) is 0 Å². The molecule has 17 heteroatoms. The molecule has 0 saturated heterocycles. The summed E-state index contributed by atoms with van der Waals surface area (Å²) in [6.45, 7) is 0. The van der Waals surface area contributed by atoms with E-state index in [1.807, 2.05) is 0 Å². The van der Waals surface area contributed by atoms with Crippen LogP contribution >= 0.6 is 0 Å². The molecule has 0 N–H and O–H groups in total. The topological polar surface area (TPSA) is 149 Å². The summed E-state index contributed by atoms with van der Waals surface area (Å²) < 4.78 is 105. The number of rotatable bonds is 4. The zero-order valence-electron chi connectivity index (χ0n) is 9.65. The van der Waals surface area contributed by atoms with E-state index in [0.29, 0.717) is 0 Å². The average molecular weight is 433 g/mol. The van der Waals surface area contributed by atoms with Crippen molar-refractivity contribution in [1.82, 2.24) is 0 Å². The second-order valence-electron chi connectivity index (χ2n) is 2.48. The quantitative estimate of drug-likeness (QED) is 0.208. The van der Waals surface area contributed by atoms with Crippen LogP contribution in [0.15, 0.2) is 0 Å². The molecular weight excluding hydrogens is 430 g/mol. The summed E-state index contributed by atoms with van der Waals surface area (Å²) in [6, 6.07) is 0. The van der Waals surface area contributed by atoms with Crippen molar-refractivity contribution in [2.45, 2.75) is 10.5 Å². The predicted molar refractivity (Wildman–Crippen MR) is 46.4 cm³/mol. The van der Waals surface area contributed by atoms with E-state index >= 15 is 0 Å². The van der Waals surface area contributed by atoms with Crippen LogP contribution in [0.25, 0.3) is 0 Å². The van der Waals surface area contributed by atoms with Crippen LogP contribution < -0.4 is 10.2 Å². The fourth-order valence-electron chi connectivity index (χ4n) is 0.199. The molecule has 0 unspecified atom stereocenters. The first kappa shape index (κ1) is 29.0. The van der Waals surface area contributed by atoms with Crippen molar-refractivity contribution in [1.29, 1.82) is 0 Å². The van der Waals surface area contributed by atoms with Crippen molar-refractivity contribution in [2.75, 3.05) is 0 Å². The smallest absolute Gasteiger partial charge is 0.543 e. The Hall–Kier alpha value is -1.06. The van der Waals surface area contributed by atoms with Crippen molar-refractivity contribution in [2.24, 2.45) is 0 Å². The summed E-state index contributed by atoms with van der Waals surface area (Å²) in [5.74, 6) is -6.56. The largest absolute Gasteiger partial charge is 2.00 e. The van der Waals surface area contributed by atoms with E-state index < -0.39 is 42.9 Å². The Morgan fingerprint density at radius 2 is 0.864 bits per heavy atom. The normalized spacial score (nSPS) is 11.9. The molecule has 0 aromatic heterocycles. The predicted octanol–water partition coefficient (Wildman–Crippen LogP) is -2.30. The molecule has 137 valence electrons. The van der Waals surface area contributed by atoms with Gasteiger partial charge in [-0.1, -0.05) is 7.77 Å². The molecule has 0 aromatic carbocycles. The summed E-state index contributed by atoms with van der Waals surface area (Å²) >= 11 is 0. The SMILES string of the molecule is O=C([O-])C(F)(F)S(=O)(=O)F.O=C([O-])C(F)(F)S(=O)(=O)F.[CH3-].[Cu+2]. The monoisotopic (exact) mass is 432 g/mol. The van der Waals surface area contributed by atoms with E-state index in [1.165, 1.54) is 0 Å². The Morgan fingerprint density at radius 3 is 0.864 bits per heavy atom. The van der Waals surface area contributed by atoms with Gasteiger partial charge in [-0.25, -0.2) is 0 Å². The Balaban J connectivity index is -0.000000135. The molecule has 0 bridgehead atoms. The van der Waals surface area contributed by atoms with E-state index in [0.717, 1.165) is 0 Å². The van der Waals surface area contributed by atoms with Crippen molar-refractivity contribution < 1.29 is 79.0 Å². The van der Waals surface area contributed by atoms with Gasteiger partial charge in [-0.2, -0.15) is 34.4 Å². The standard InChI is InChI=1S/2C2HF3O4S.CH3.Cu/c2*3-2(4,1(6)7)10(5,8)9;;/h2*(H,6,7);1H3;/q;;-1;+2/p-2. The van der Waals surface area contributed by atoms with Crippen molar-refractivity contribution >= 4 is 32.4 Å². The third kappa shape index (κ3) is 7.28. The number of hydrogen-bond acceptors (Lipinski definition) is 8. The summed E-state index contributed by atoms with van der Waals surface area (Å²) in [5, 5.41) is 7.47. The summed E-state index contributed by atoms with van der Waals surface area (Å²) in [4.78, 5) is 18.4. The molecule has 0 rings (SSSR count). The van der Waals surface area contributed by atoms with E-state index in [9.17, 15) is 62.0 Å². The van der Waals surface area contributed by atoms with Crippen LogP contribution in [-0.4, -0.2) is 39.3 Å². The molecule has 8 nitrogen and oxygen atoms in total. The molecule has 0 atom stereocenters. The molecular formula is C5H3CuF6O8S2-. The number of alkyl halides is 4. The van der Waals surface area contributed by atoms with Gasteiger partial charge in [-0.05, 0) is 0 Å². The van der Waals surface area contributed by atoms with Crippen molar-refractivity contribution in [3.8, 4) is 0 Å². The van der Waals surface area contributed by atoms with Crippen LogP contribution in [0, 0.1) is 7.43 Å². The minimum Gasteiger partial charge on any atom is -0.543 e. The summed E-state index contributed by atoms with van der Waals surface area (Å²) in [5.41, 5.74) is 0. The molecule has 0 aromatic rings. The van der Waals surface area contributed by atoms with Gasteiger partial charge in [-0.15, -0.1) is 0 Å². The van der Waals surface area contributed by atoms with E-state index in [1.54, 1.807) is 0 Å². The van der Waals surface area contributed by atoms with Crippen LogP contribution in [0.5, 0.6) is 0 Å². The molecule has 0 fully saturated rings. The minimum atomic E-state index is -6.40. The Labute approximate surface area is 130 Å². The van der Waals surface area contributed by atoms with E-state index in [4.69, 9.17) is 0 Å². The van der Waals surface area contributed by atoms with Crippen LogP contribution in [-0.2, 0) is 47.1 Å². The van der Waals surface area contributed by atoms with Gasteiger partial charge in [0, 0.05) is 0 Å². The van der Waals surface area contributed by atoms with Crippen LogP contribution in [0.3, 0.4) is 0 Å². The Kier molecular flexibility index (Phi) is 11.3. The molecule has 22 heavy (non-hydrogen) atoms. The van der Waals surface area contributed by atoms with Crippen molar-refractivity contribution in [3.05, 3.63) is 7.43 Å². The van der Waals surface area contributed by atoms with Gasteiger partial charge in [0.05, 0.1) is 0 Å². The van der Waals surface area contributed by atoms with Gasteiger partial charge in [0.25, 0.3) is 0 Å². The molecule has 0 aliphatic carbocycles. The Morgan fingerprint density at radius 1 is 0.727 bits per heavy atom. The van der Waals surface area contributed by atoms with E-state index in [-0.39, 0.29) is 24.5 Å². The second-order valence-corrected chi connectivity index (χ2v) is 5.26. The molecule has 0 saturated carbocycles. The van der Waals surface area contributed by atoms with Gasteiger partial charge < -0.3 is 27.2 Å². The minimum absolute atomic E-state index is 0. The van der Waals surface area contributed by atoms with Gasteiger partial charge in [-0.3, -0.25) is 0 Å². The first-order valence-electron chi connectivity index (χ1n) is 3.46. The number of aliphatic carboxylic acids is 2. The van der Waals surface area contributed by atoms with Gasteiger partial charge in [0.2, 0.25) is 0 Å².